The SMILES string of the molecule is Cc1cc2c(cc1O)[nH]c1c2c2[nH]c3cc(C)c(I)cc3c2c2[nH]c3cc(I)c(C)cc3c12. The van der Waals surface area contributed by atoms with Gasteiger partial charge in [-0.1, -0.05) is 0 Å². The van der Waals surface area contributed by atoms with E-state index in [9.17, 15) is 5.11 Å². The molecule has 6 heteroatoms. The van der Waals surface area contributed by atoms with Gasteiger partial charge in [0.15, 0.2) is 0 Å². The predicted octanol–water partition coefficient (Wildman–Crippen LogP) is 8.43. The first-order chi connectivity index (χ1) is 15.8. The van der Waals surface area contributed by atoms with E-state index in [-0.39, 0.29) is 0 Å². The molecule has 0 saturated carbocycles. The minimum Gasteiger partial charge on any atom is -0.508 e. The summed E-state index contributed by atoms with van der Waals surface area (Å²) in [7, 11) is 0. The number of fused-ring (bicyclic) bond motifs is 12. The van der Waals surface area contributed by atoms with E-state index in [1.807, 2.05) is 13.0 Å². The number of phenolic OH excluding ortho intramolecular Hbond substituents is 1. The van der Waals surface area contributed by atoms with Crippen molar-refractivity contribution in [2.75, 3.05) is 0 Å². The number of aromatic hydroxyl groups is 1. The summed E-state index contributed by atoms with van der Waals surface area (Å²) in [5.74, 6) is 0.313. The number of nitrogens with one attached hydrogen (secondary N) is 3. The van der Waals surface area contributed by atoms with Crippen molar-refractivity contribution in [2.24, 2.45) is 0 Å². The number of aromatic amines is 3. The van der Waals surface area contributed by atoms with Crippen molar-refractivity contribution in [2.45, 2.75) is 20.8 Å². The lowest BCUT2D eigenvalue weighted by atomic mass is 10.0. The van der Waals surface area contributed by atoms with E-state index in [4.69, 9.17) is 0 Å². The van der Waals surface area contributed by atoms with Crippen molar-refractivity contribution in [3.05, 3.63) is 60.2 Å². The molecule has 33 heavy (non-hydrogen) atoms. The molecule has 0 fully saturated rings. The van der Waals surface area contributed by atoms with E-state index in [2.05, 4.69) is 104 Å². The van der Waals surface area contributed by atoms with Gasteiger partial charge >= 0.3 is 0 Å². The molecule has 3 aromatic heterocycles. The van der Waals surface area contributed by atoms with Gasteiger partial charge < -0.3 is 20.1 Å². The van der Waals surface area contributed by atoms with Gasteiger partial charge in [0, 0.05) is 56.6 Å². The van der Waals surface area contributed by atoms with Gasteiger partial charge in [-0.2, -0.15) is 0 Å². The second kappa shape index (κ2) is 6.56. The lowest BCUT2D eigenvalue weighted by molar-refractivity contribution is 0.472. The largest absolute Gasteiger partial charge is 0.508 e. The van der Waals surface area contributed by atoms with Crippen LogP contribution in [-0.4, -0.2) is 20.1 Å². The van der Waals surface area contributed by atoms with Crippen molar-refractivity contribution < 1.29 is 5.11 Å². The van der Waals surface area contributed by atoms with Gasteiger partial charge in [-0.25, -0.2) is 0 Å². The number of halogens is 2. The molecule has 0 radical (unpaired) electrons. The summed E-state index contributed by atoms with van der Waals surface area (Å²) >= 11 is 4.84. The number of H-pyrrole nitrogens is 3. The van der Waals surface area contributed by atoms with Crippen LogP contribution in [0, 0.1) is 27.9 Å². The third-order valence-corrected chi connectivity index (χ3v) is 9.35. The van der Waals surface area contributed by atoms with Crippen molar-refractivity contribution >= 4 is 111 Å². The molecule has 7 aromatic rings. The third-order valence-electron chi connectivity index (χ3n) is 7.02. The molecule has 7 rings (SSSR count). The summed E-state index contributed by atoms with van der Waals surface area (Å²) < 4.78 is 2.51. The van der Waals surface area contributed by atoms with Crippen molar-refractivity contribution in [1.29, 1.82) is 0 Å². The summed E-state index contributed by atoms with van der Waals surface area (Å²) in [6.07, 6.45) is 0. The first-order valence-electron chi connectivity index (χ1n) is 10.8. The highest BCUT2D eigenvalue weighted by molar-refractivity contribution is 14.1. The van der Waals surface area contributed by atoms with Gasteiger partial charge in [-0.05, 0) is 113 Å². The number of aromatic nitrogens is 3. The minimum atomic E-state index is 0.313. The average Bonchev–Trinajstić information content (AvgIpc) is 3.41. The molecule has 162 valence electrons. The van der Waals surface area contributed by atoms with E-state index in [1.54, 1.807) is 0 Å². The van der Waals surface area contributed by atoms with Crippen molar-refractivity contribution in [3.63, 3.8) is 0 Å². The van der Waals surface area contributed by atoms with Crippen LogP contribution in [0.2, 0.25) is 0 Å². The van der Waals surface area contributed by atoms with Gasteiger partial charge in [-0.15, -0.1) is 0 Å². The maximum absolute atomic E-state index is 10.4. The number of aryl methyl sites for hydroxylation is 3. The average molecular weight is 655 g/mol. The van der Waals surface area contributed by atoms with Crippen LogP contribution in [0.25, 0.3) is 65.4 Å². The lowest BCUT2D eigenvalue weighted by Gasteiger charge is -2.02. The predicted molar refractivity (Wildman–Crippen MR) is 156 cm³/mol. The maximum Gasteiger partial charge on any atom is 0.120 e. The lowest BCUT2D eigenvalue weighted by Crippen LogP contribution is -1.80. The van der Waals surface area contributed by atoms with Gasteiger partial charge in [0.1, 0.15) is 5.75 Å². The summed E-state index contributed by atoms with van der Waals surface area (Å²) in [5.41, 5.74) is 10.0. The standard InChI is InChI=1S/C27H19I2N3O/c1-10-4-13-19(8-17(10)29)31-27-22(13)25-23(14-5-12(3)21(33)9-20(14)32-25)26-24(27)15-7-16(28)11(2)6-18(15)30-26/h4-9,30-33H,1-3H3. The molecule has 4 N–H and O–H groups in total. The third kappa shape index (κ3) is 2.56. The summed E-state index contributed by atoms with van der Waals surface area (Å²) in [4.78, 5) is 11.2. The Morgan fingerprint density at radius 1 is 0.545 bits per heavy atom. The Bertz CT molecular complexity index is 1730. The van der Waals surface area contributed by atoms with Gasteiger partial charge in [0.25, 0.3) is 0 Å². The molecule has 0 amide bonds. The number of benzene rings is 4. The second-order valence-corrected chi connectivity index (χ2v) is 11.4. The van der Waals surface area contributed by atoms with Crippen molar-refractivity contribution in [3.8, 4) is 5.75 Å². The molecule has 0 atom stereocenters. The molecule has 0 spiro atoms. The Balaban J connectivity index is 1.87. The summed E-state index contributed by atoms with van der Waals surface area (Å²) in [5, 5.41) is 17.6. The number of rotatable bonds is 0. The summed E-state index contributed by atoms with van der Waals surface area (Å²) in [6, 6.07) is 13.0. The normalized spacial score (nSPS) is 12.5. The van der Waals surface area contributed by atoms with Crippen LogP contribution in [-0.2, 0) is 0 Å². The molecule has 0 aliphatic rings. The first kappa shape index (κ1) is 20.0. The smallest absolute Gasteiger partial charge is 0.120 e. The van der Waals surface area contributed by atoms with Crippen LogP contribution in [0.4, 0.5) is 0 Å². The van der Waals surface area contributed by atoms with Crippen LogP contribution in [0.1, 0.15) is 16.7 Å². The molecule has 0 saturated heterocycles. The van der Waals surface area contributed by atoms with Crippen LogP contribution < -0.4 is 0 Å². The number of hydrogen-bond acceptors (Lipinski definition) is 1. The Morgan fingerprint density at radius 3 is 1.58 bits per heavy atom. The van der Waals surface area contributed by atoms with E-state index in [0.29, 0.717) is 5.75 Å². The van der Waals surface area contributed by atoms with E-state index >= 15 is 0 Å². The fourth-order valence-corrected chi connectivity index (χ4v) is 6.26. The Hall–Kier alpha value is -2.46. The zero-order valence-corrected chi connectivity index (χ0v) is 22.5. The number of phenols is 1. The van der Waals surface area contributed by atoms with E-state index < -0.39 is 0 Å². The molecule has 4 nitrogen and oxygen atoms in total. The highest BCUT2D eigenvalue weighted by atomic mass is 127. The minimum absolute atomic E-state index is 0.313. The molecular formula is C27H19I2N3O. The maximum atomic E-state index is 10.4. The molecular weight excluding hydrogens is 636 g/mol. The molecule has 4 aromatic carbocycles. The molecule has 0 bridgehead atoms. The fraction of sp³-hybridized carbons (Fsp3) is 0.111. The molecule has 0 aliphatic carbocycles. The first-order valence-corrected chi connectivity index (χ1v) is 13.0. The second-order valence-electron chi connectivity index (χ2n) is 9.10. The zero-order valence-electron chi connectivity index (χ0n) is 18.2. The summed E-state index contributed by atoms with van der Waals surface area (Å²) in [6.45, 7) is 6.28. The Labute approximate surface area is 216 Å². The van der Waals surface area contributed by atoms with Gasteiger partial charge in [0.05, 0.1) is 22.1 Å². The van der Waals surface area contributed by atoms with Crippen LogP contribution in [0.3, 0.4) is 0 Å². The van der Waals surface area contributed by atoms with E-state index in [0.717, 1.165) is 44.0 Å². The Morgan fingerprint density at radius 2 is 0.970 bits per heavy atom. The Kier molecular flexibility index (Phi) is 3.97. The fourth-order valence-electron chi connectivity index (χ4n) is 5.33. The molecule has 3 heterocycles. The van der Waals surface area contributed by atoms with Crippen LogP contribution in [0.15, 0.2) is 36.4 Å². The zero-order chi connectivity index (χ0) is 22.8. The van der Waals surface area contributed by atoms with Crippen LogP contribution >= 0.6 is 45.2 Å². The monoisotopic (exact) mass is 655 g/mol. The number of hydrogen-bond donors (Lipinski definition) is 4. The van der Waals surface area contributed by atoms with Crippen LogP contribution in [0.5, 0.6) is 5.75 Å². The van der Waals surface area contributed by atoms with Gasteiger partial charge in [0.2, 0.25) is 0 Å². The highest BCUT2D eigenvalue weighted by Gasteiger charge is 2.22. The molecule has 0 aliphatic heterocycles. The highest BCUT2D eigenvalue weighted by Crippen LogP contribution is 2.45. The molecule has 0 unspecified atom stereocenters. The topological polar surface area (TPSA) is 67.6 Å². The van der Waals surface area contributed by atoms with E-state index in [1.165, 1.54) is 45.2 Å². The van der Waals surface area contributed by atoms with Crippen molar-refractivity contribution in [1.82, 2.24) is 15.0 Å². The van der Waals surface area contributed by atoms with Gasteiger partial charge in [-0.3, -0.25) is 0 Å². The quantitative estimate of drug-likeness (QED) is 0.122.